The highest BCUT2D eigenvalue weighted by Crippen LogP contribution is 2.37. The van der Waals surface area contributed by atoms with Crippen LogP contribution in [0.25, 0.3) is 17.0 Å². The minimum atomic E-state index is -4.55. The summed E-state index contributed by atoms with van der Waals surface area (Å²) in [6.45, 7) is 0. The number of benzene rings is 2. The summed E-state index contributed by atoms with van der Waals surface area (Å²) < 4.78 is 40.8. The van der Waals surface area contributed by atoms with Crippen molar-refractivity contribution in [3.05, 3.63) is 68.8 Å². The smallest absolute Gasteiger partial charge is 0.416 e. The van der Waals surface area contributed by atoms with Gasteiger partial charge in [0.15, 0.2) is 0 Å². The normalized spacial score (nSPS) is 12.2. The lowest BCUT2D eigenvalue weighted by Crippen LogP contribution is -2.10. The SMILES string of the molecule is O=C(O)CC/C=C/c1n[nH]c2cc(C(F)(F)F)c(Cc3ccc(Cl)cc3Cl)cc12. The van der Waals surface area contributed by atoms with E-state index < -0.39 is 17.7 Å². The maximum absolute atomic E-state index is 13.6. The minimum absolute atomic E-state index is 0.0336. The molecule has 1 aromatic heterocycles. The highest BCUT2D eigenvalue weighted by molar-refractivity contribution is 6.35. The Balaban J connectivity index is 2.03. The molecule has 0 radical (unpaired) electrons. The molecule has 3 rings (SSSR count). The number of nitrogens with one attached hydrogen (secondary N) is 1. The predicted octanol–water partition coefficient (Wildman–Crippen LogP) is 6.36. The van der Waals surface area contributed by atoms with Gasteiger partial charge in [-0.2, -0.15) is 18.3 Å². The van der Waals surface area contributed by atoms with E-state index in [0.717, 1.165) is 6.07 Å². The number of aromatic nitrogens is 2. The number of aliphatic carboxylic acids is 1. The summed E-state index contributed by atoms with van der Waals surface area (Å²) in [6.07, 6.45) is -1.13. The largest absolute Gasteiger partial charge is 0.481 e. The molecular formula is C20H15Cl2F3N2O2. The molecule has 3 aromatic rings. The maximum atomic E-state index is 13.6. The first-order chi connectivity index (χ1) is 13.6. The van der Waals surface area contributed by atoms with Gasteiger partial charge in [0, 0.05) is 21.9 Å². The number of rotatable bonds is 6. The third-order valence-corrected chi connectivity index (χ3v) is 4.91. The number of hydrogen-bond acceptors (Lipinski definition) is 2. The summed E-state index contributed by atoms with van der Waals surface area (Å²) in [5.41, 5.74) is 0.462. The number of alkyl halides is 3. The van der Waals surface area contributed by atoms with Crippen molar-refractivity contribution in [3.8, 4) is 0 Å². The number of carboxylic acid groups (broad SMARTS) is 1. The number of carboxylic acids is 1. The Morgan fingerprint density at radius 2 is 1.93 bits per heavy atom. The maximum Gasteiger partial charge on any atom is 0.416 e. The second kappa shape index (κ2) is 8.47. The van der Waals surface area contributed by atoms with E-state index >= 15 is 0 Å². The summed E-state index contributed by atoms with van der Waals surface area (Å²) in [4.78, 5) is 10.6. The van der Waals surface area contributed by atoms with Crippen LogP contribution >= 0.6 is 23.2 Å². The number of allylic oxidation sites excluding steroid dienone is 1. The van der Waals surface area contributed by atoms with E-state index in [1.807, 2.05) is 0 Å². The number of carbonyl (C=O) groups is 1. The van der Waals surface area contributed by atoms with Crippen LogP contribution in [0.5, 0.6) is 0 Å². The molecule has 2 aromatic carbocycles. The van der Waals surface area contributed by atoms with Gasteiger partial charge in [0.2, 0.25) is 0 Å². The van der Waals surface area contributed by atoms with Crippen molar-refractivity contribution in [2.24, 2.45) is 0 Å². The first-order valence-corrected chi connectivity index (χ1v) is 9.31. The van der Waals surface area contributed by atoms with E-state index in [1.165, 1.54) is 12.1 Å². The molecular weight excluding hydrogens is 428 g/mol. The number of nitrogens with zero attached hydrogens (tertiary/aromatic N) is 1. The van der Waals surface area contributed by atoms with E-state index in [-0.39, 0.29) is 35.4 Å². The van der Waals surface area contributed by atoms with Gasteiger partial charge < -0.3 is 5.11 Å². The Bertz CT molecular complexity index is 1090. The van der Waals surface area contributed by atoms with Gasteiger partial charge in [-0.15, -0.1) is 0 Å². The topological polar surface area (TPSA) is 66.0 Å². The van der Waals surface area contributed by atoms with Crippen molar-refractivity contribution in [1.29, 1.82) is 0 Å². The Hall–Kier alpha value is -2.51. The fraction of sp³-hybridized carbons (Fsp3) is 0.200. The van der Waals surface area contributed by atoms with Crippen LogP contribution in [0.2, 0.25) is 10.0 Å². The number of halogens is 5. The van der Waals surface area contributed by atoms with Crippen molar-refractivity contribution >= 4 is 46.2 Å². The van der Waals surface area contributed by atoms with E-state index in [0.29, 0.717) is 21.7 Å². The van der Waals surface area contributed by atoms with Crippen molar-refractivity contribution < 1.29 is 23.1 Å². The number of H-pyrrole nitrogens is 1. The Labute approximate surface area is 173 Å². The summed E-state index contributed by atoms with van der Waals surface area (Å²) in [5, 5.41) is 16.5. The van der Waals surface area contributed by atoms with Gasteiger partial charge in [-0.1, -0.05) is 35.3 Å². The van der Waals surface area contributed by atoms with Gasteiger partial charge in [0.25, 0.3) is 0 Å². The van der Waals surface area contributed by atoms with Gasteiger partial charge in [-0.25, -0.2) is 0 Å². The lowest BCUT2D eigenvalue weighted by Gasteiger charge is -2.14. The van der Waals surface area contributed by atoms with Gasteiger partial charge in [0.1, 0.15) is 0 Å². The lowest BCUT2D eigenvalue weighted by atomic mass is 9.96. The zero-order chi connectivity index (χ0) is 21.2. The average molecular weight is 443 g/mol. The molecule has 29 heavy (non-hydrogen) atoms. The van der Waals surface area contributed by atoms with E-state index in [9.17, 15) is 18.0 Å². The van der Waals surface area contributed by atoms with E-state index in [2.05, 4.69) is 10.2 Å². The number of fused-ring (bicyclic) bond motifs is 1. The van der Waals surface area contributed by atoms with E-state index in [4.69, 9.17) is 28.3 Å². The zero-order valence-electron chi connectivity index (χ0n) is 14.9. The Kier molecular flexibility index (Phi) is 6.19. The summed E-state index contributed by atoms with van der Waals surface area (Å²) in [6, 6.07) is 7.11. The van der Waals surface area contributed by atoms with E-state index in [1.54, 1.807) is 24.3 Å². The second-order valence-electron chi connectivity index (χ2n) is 6.41. The van der Waals surface area contributed by atoms with Crippen molar-refractivity contribution in [2.45, 2.75) is 25.4 Å². The first-order valence-electron chi connectivity index (χ1n) is 8.55. The van der Waals surface area contributed by atoms with Gasteiger partial charge in [-0.3, -0.25) is 9.89 Å². The Morgan fingerprint density at radius 1 is 1.17 bits per heavy atom. The molecule has 0 aliphatic rings. The van der Waals surface area contributed by atoms with Crippen molar-refractivity contribution in [2.75, 3.05) is 0 Å². The molecule has 9 heteroatoms. The molecule has 0 bridgehead atoms. The van der Waals surface area contributed by atoms with Crippen molar-refractivity contribution in [3.63, 3.8) is 0 Å². The van der Waals surface area contributed by atoms with Gasteiger partial charge in [0.05, 0.1) is 16.8 Å². The fourth-order valence-electron chi connectivity index (χ4n) is 2.94. The molecule has 0 aliphatic carbocycles. The molecule has 0 saturated heterocycles. The van der Waals surface area contributed by atoms with Crippen LogP contribution in [0, 0.1) is 0 Å². The highest BCUT2D eigenvalue weighted by Gasteiger charge is 2.34. The van der Waals surface area contributed by atoms with Crippen LogP contribution in [-0.4, -0.2) is 21.3 Å². The Morgan fingerprint density at radius 3 is 2.59 bits per heavy atom. The molecule has 0 atom stereocenters. The summed E-state index contributed by atoms with van der Waals surface area (Å²) >= 11 is 12.0. The first kappa shape index (κ1) is 21.2. The van der Waals surface area contributed by atoms with Gasteiger partial charge >= 0.3 is 12.1 Å². The van der Waals surface area contributed by atoms with Crippen LogP contribution in [0.15, 0.2) is 36.4 Å². The molecule has 1 heterocycles. The highest BCUT2D eigenvalue weighted by atomic mass is 35.5. The molecule has 2 N–H and O–H groups in total. The van der Waals surface area contributed by atoms with Crippen molar-refractivity contribution in [1.82, 2.24) is 10.2 Å². The molecule has 0 spiro atoms. The standard InChI is InChI=1S/C20H15Cl2F3N2O2/c21-13-6-5-11(16(22)9-13)7-12-8-14-17(3-1-2-4-19(28)29)26-27-18(14)10-15(12)20(23,24)25/h1,3,5-6,8-10H,2,4,7H2,(H,26,27)(H,28,29)/b3-1+. The molecule has 0 fully saturated rings. The number of hydrogen-bond donors (Lipinski definition) is 2. The quantitative estimate of drug-likeness (QED) is 0.466. The zero-order valence-corrected chi connectivity index (χ0v) is 16.4. The molecule has 0 saturated carbocycles. The molecule has 152 valence electrons. The lowest BCUT2D eigenvalue weighted by molar-refractivity contribution is -0.138. The van der Waals surface area contributed by atoms with Crippen LogP contribution in [0.3, 0.4) is 0 Å². The molecule has 0 amide bonds. The second-order valence-corrected chi connectivity index (χ2v) is 7.25. The molecule has 4 nitrogen and oxygen atoms in total. The minimum Gasteiger partial charge on any atom is -0.481 e. The van der Waals surface area contributed by atoms with Crippen LogP contribution in [-0.2, 0) is 17.4 Å². The third kappa shape index (κ3) is 5.10. The van der Waals surface area contributed by atoms with Crippen LogP contribution < -0.4 is 0 Å². The van der Waals surface area contributed by atoms with Gasteiger partial charge in [-0.05, 0) is 54.3 Å². The monoisotopic (exact) mass is 442 g/mol. The fourth-order valence-corrected chi connectivity index (χ4v) is 3.41. The van der Waals surface area contributed by atoms with Crippen LogP contribution in [0.4, 0.5) is 13.2 Å². The summed E-state index contributed by atoms with van der Waals surface area (Å²) in [7, 11) is 0. The number of aromatic amines is 1. The molecule has 0 unspecified atom stereocenters. The van der Waals surface area contributed by atoms with Crippen LogP contribution in [0.1, 0.15) is 35.2 Å². The predicted molar refractivity (Wildman–Crippen MR) is 106 cm³/mol. The summed E-state index contributed by atoms with van der Waals surface area (Å²) in [5.74, 6) is -0.932. The molecule has 0 aliphatic heterocycles. The average Bonchev–Trinajstić information content (AvgIpc) is 3.01. The third-order valence-electron chi connectivity index (χ3n) is 4.32.